The van der Waals surface area contributed by atoms with Gasteiger partial charge in [0, 0.05) is 10.9 Å². The van der Waals surface area contributed by atoms with Gasteiger partial charge in [0.05, 0.1) is 11.1 Å². The zero-order valence-corrected chi connectivity index (χ0v) is 9.99. The Balaban J connectivity index is 2.21. The van der Waals surface area contributed by atoms with Gasteiger partial charge in [-0.15, -0.1) is 11.8 Å². The Morgan fingerprint density at radius 3 is 2.81 bits per heavy atom. The Hall–Kier alpha value is -1.07. The largest absolute Gasteiger partial charge is 0.480 e. The van der Waals surface area contributed by atoms with Crippen molar-refractivity contribution in [2.45, 2.75) is 30.0 Å². The predicted octanol–water partition coefficient (Wildman–Crippen LogP) is 1.65. The lowest BCUT2D eigenvalue weighted by Gasteiger charge is -2.20. The number of carboxylic acid groups (broad SMARTS) is 1. The van der Waals surface area contributed by atoms with Crippen LogP contribution >= 0.6 is 11.8 Å². The minimum Gasteiger partial charge on any atom is -0.480 e. The summed E-state index contributed by atoms with van der Waals surface area (Å²) < 4.78 is -0.325. The van der Waals surface area contributed by atoms with Crippen LogP contribution in [0.3, 0.4) is 0 Å². The Morgan fingerprint density at radius 1 is 1.56 bits per heavy atom. The van der Waals surface area contributed by atoms with Gasteiger partial charge in [-0.3, -0.25) is 15.1 Å². The summed E-state index contributed by atoms with van der Waals surface area (Å²) in [6, 6.07) is 5.13. The summed E-state index contributed by atoms with van der Waals surface area (Å²) in [6.07, 6.45) is 1.72. The van der Waals surface area contributed by atoms with E-state index in [0.29, 0.717) is 0 Å². The van der Waals surface area contributed by atoms with Crippen LogP contribution in [-0.4, -0.2) is 26.8 Å². The average molecular weight is 238 g/mol. The molecule has 4 nitrogen and oxygen atoms in total. The second-order valence-electron chi connectivity index (χ2n) is 4.29. The molecule has 0 radical (unpaired) electrons. The standard InChI is InChI=1S/C11H14N2O2S/c1-11(2)8(10(14)15)13-9(16-11)7-5-3-4-6-12-7/h3-6,8-9,13H,1-2H3,(H,14,15)/t8-,9-/m0/s1. The molecule has 0 spiro atoms. The van der Waals surface area contributed by atoms with Crippen molar-refractivity contribution in [2.24, 2.45) is 0 Å². The maximum atomic E-state index is 11.1. The summed E-state index contributed by atoms with van der Waals surface area (Å²) >= 11 is 1.60. The molecule has 2 atom stereocenters. The molecule has 1 aromatic heterocycles. The number of rotatable bonds is 2. The van der Waals surface area contributed by atoms with Gasteiger partial charge in [0.15, 0.2) is 0 Å². The molecule has 1 aromatic rings. The first-order chi connectivity index (χ1) is 7.50. The minimum atomic E-state index is -0.809. The van der Waals surface area contributed by atoms with E-state index in [1.165, 1.54) is 0 Å². The van der Waals surface area contributed by atoms with Gasteiger partial charge < -0.3 is 5.11 Å². The van der Waals surface area contributed by atoms with Crippen molar-refractivity contribution < 1.29 is 9.90 Å². The van der Waals surface area contributed by atoms with Gasteiger partial charge >= 0.3 is 5.97 Å². The molecule has 0 unspecified atom stereocenters. The van der Waals surface area contributed by atoms with E-state index in [0.717, 1.165) is 5.69 Å². The molecule has 16 heavy (non-hydrogen) atoms. The van der Waals surface area contributed by atoms with E-state index >= 15 is 0 Å². The van der Waals surface area contributed by atoms with E-state index in [1.807, 2.05) is 32.0 Å². The van der Waals surface area contributed by atoms with Crippen LogP contribution < -0.4 is 5.32 Å². The van der Waals surface area contributed by atoms with E-state index in [9.17, 15) is 4.79 Å². The third-order valence-electron chi connectivity index (χ3n) is 2.64. The second-order valence-corrected chi connectivity index (χ2v) is 6.05. The van der Waals surface area contributed by atoms with Crippen molar-refractivity contribution in [1.29, 1.82) is 0 Å². The molecule has 0 amide bonds. The highest BCUT2D eigenvalue weighted by molar-refractivity contribution is 8.01. The molecule has 2 rings (SSSR count). The van der Waals surface area contributed by atoms with Crippen LogP contribution in [0.1, 0.15) is 24.9 Å². The number of thioether (sulfide) groups is 1. The summed E-state index contributed by atoms with van der Waals surface area (Å²) in [5.41, 5.74) is 0.879. The number of carbonyl (C=O) groups is 1. The summed E-state index contributed by atoms with van der Waals surface area (Å²) in [4.78, 5) is 15.3. The molecule has 0 aromatic carbocycles. The van der Waals surface area contributed by atoms with Crippen LogP contribution in [0.25, 0.3) is 0 Å². The fraction of sp³-hybridized carbons (Fsp3) is 0.455. The highest BCUT2D eigenvalue weighted by atomic mass is 32.2. The van der Waals surface area contributed by atoms with E-state index in [4.69, 9.17) is 5.11 Å². The van der Waals surface area contributed by atoms with Gasteiger partial charge in [-0.1, -0.05) is 6.07 Å². The van der Waals surface area contributed by atoms with Crippen LogP contribution in [0.4, 0.5) is 0 Å². The highest BCUT2D eigenvalue weighted by Crippen LogP contribution is 2.44. The number of hydrogen-bond acceptors (Lipinski definition) is 4. The van der Waals surface area contributed by atoms with E-state index in [2.05, 4.69) is 10.3 Å². The smallest absolute Gasteiger partial charge is 0.322 e. The lowest BCUT2D eigenvalue weighted by Crippen LogP contribution is -2.43. The molecule has 1 aliphatic rings. The third kappa shape index (κ3) is 2.05. The van der Waals surface area contributed by atoms with Crippen LogP contribution in [0, 0.1) is 0 Å². The van der Waals surface area contributed by atoms with Crippen molar-refractivity contribution in [2.75, 3.05) is 0 Å². The highest BCUT2D eigenvalue weighted by Gasteiger charge is 2.45. The van der Waals surface area contributed by atoms with Crippen molar-refractivity contribution >= 4 is 17.7 Å². The van der Waals surface area contributed by atoms with Crippen molar-refractivity contribution in [1.82, 2.24) is 10.3 Å². The van der Waals surface area contributed by atoms with Gasteiger partial charge in [0.25, 0.3) is 0 Å². The molecule has 2 heterocycles. The van der Waals surface area contributed by atoms with Crippen molar-refractivity contribution in [3.63, 3.8) is 0 Å². The predicted molar refractivity (Wildman–Crippen MR) is 63.2 cm³/mol. The molecule has 0 aliphatic carbocycles. The summed E-state index contributed by atoms with van der Waals surface area (Å²) in [5, 5.41) is 12.2. The fourth-order valence-corrected chi connectivity index (χ4v) is 3.18. The Morgan fingerprint density at radius 2 is 2.31 bits per heavy atom. The van der Waals surface area contributed by atoms with Gasteiger partial charge in [-0.25, -0.2) is 0 Å². The Labute approximate surface area is 98.5 Å². The molecule has 86 valence electrons. The number of carboxylic acids is 1. The first kappa shape index (κ1) is 11.4. The van der Waals surface area contributed by atoms with Crippen LogP contribution in [0.5, 0.6) is 0 Å². The quantitative estimate of drug-likeness (QED) is 0.820. The van der Waals surface area contributed by atoms with Gasteiger partial charge in [-0.05, 0) is 26.0 Å². The molecule has 1 fully saturated rings. The van der Waals surface area contributed by atoms with Gasteiger partial charge in [0.1, 0.15) is 6.04 Å². The zero-order valence-electron chi connectivity index (χ0n) is 9.18. The summed E-state index contributed by atoms with van der Waals surface area (Å²) in [5.74, 6) is -0.809. The Bertz CT molecular complexity index is 394. The van der Waals surface area contributed by atoms with Gasteiger partial charge in [0.2, 0.25) is 0 Å². The first-order valence-electron chi connectivity index (χ1n) is 5.08. The van der Waals surface area contributed by atoms with Crippen LogP contribution in [-0.2, 0) is 4.79 Å². The first-order valence-corrected chi connectivity index (χ1v) is 5.96. The summed E-state index contributed by atoms with van der Waals surface area (Å²) in [6.45, 7) is 3.87. The number of pyridine rings is 1. The molecule has 0 bridgehead atoms. The van der Waals surface area contributed by atoms with Gasteiger partial charge in [-0.2, -0.15) is 0 Å². The molecule has 5 heteroatoms. The SMILES string of the molecule is CC1(C)S[C@@H](c2ccccn2)N[C@H]1C(=O)O. The Kier molecular flexibility index (Phi) is 2.90. The molecular weight excluding hydrogens is 224 g/mol. The number of aromatic nitrogens is 1. The average Bonchev–Trinajstić information content (AvgIpc) is 2.56. The second kappa shape index (κ2) is 4.07. The van der Waals surface area contributed by atoms with Crippen molar-refractivity contribution in [3.05, 3.63) is 30.1 Å². The molecule has 1 aliphatic heterocycles. The lowest BCUT2D eigenvalue weighted by molar-refractivity contribution is -0.139. The monoisotopic (exact) mass is 238 g/mol. The lowest BCUT2D eigenvalue weighted by atomic mass is 10.0. The van der Waals surface area contributed by atoms with Crippen molar-refractivity contribution in [3.8, 4) is 0 Å². The molecule has 0 saturated carbocycles. The maximum absolute atomic E-state index is 11.1. The number of nitrogens with zero attached hydrogens (tertiary/aromatic N) is 1. The normalized spacial score (nSPS) is 27.9. The minimum absolute atomic E-state index is 0.0442. The molecule has 2 N–H and O–H groups in total. The molecule has 1 saturated heterocycles. The zero-order chi connectivity index (χ0) is 11.8. The van der Waals surface area contributed by atoms with E-state index in [-0.39, 0.29) is 10.1 Å². The topological polar surface area (TPSA) is 62.2 Å². The number of hydrogen-bond donors (Lipinski definition) is 2. The third-order valence-corrected chi connectivity index (χ3v) is 4.09. The van der Waals surface area contributed by atoms with Crippen LogP contribution in [0.15, 0.2) is 24.4 Å². The number of nitrogens with one attached hydrogen (secondary N) is 1. The summed E-state index contributed by atoms with van der Waals surface area (Å²) in [7, 11) is 0. The van der Waals surface area contributed by atoms with Crippen LogP contribution in [0.2, 0.25) is 0 Å². The fourth-order valence-electron chi connectivity index (χ4n) is 1.80. The van der Waals surface area contributed by atoms with E-state index < -0.39 is 12.0 Å². The van der Waals surface area contributed by atoms with E-state index in [1.54, 1.807) is 18.0 Å². The number of aliphatic carboxylic acids is 1. The maximum Gasteiger partial charge on any atom is 0.322 e. The molecular formula is C11H14N2O2S.